The number of amides is 2. The molecule has 0 aliphatic carbocycles. The third kappa shape index (κ3) is 8.66. The Bertz CT molecular complexity index is 1210. The summed E-state index contributed by atoms with van der Waals surface area (Å²) in [5, 5.41) is 6.40. The smallest absolute Gasteiger partial charge is 0.343 e. The third-order valence-electron chi connectivity index (χ3n) is 4.85. The van der Waals surface area contributed by atoms with Gasteiger partial charge in [0.25, 0.3) is 11.8 Å². The standard InChI is InChI=1S/C27H26BrN3O5/c1-2-3-15-35-23-13-9-20(10-14-23)27(34)36-24-11-7-19(8-12-24)17-30-31-25(32)18-29-26(33)21-5-4-6-22(28)16-21/h4-14,16-17H,2-3,15,18H2,1H3,(H,29,33)(H,31,32)/b30-17-. The number of nitrogens with zero attached hydrogens (tertiary/aromatic N) is 1. The van der Waals surface area contributed by atoms with E-state index in [1.807, 2.05) is 0 Å². The normalized spacial score (nSPS) is 10.6. The number of hydrogen-bond acceptors (Lipinski definition) is 6. The van der Waals surface area contributed by atoms with Crippen molar-refractivity contribution in [2.75, 3.05) is 13.2 Å². The van der Waals surface area contributed by atoms with Gasteiger partial charge in [0, 0.05) is 10.0 Å². The predicted molar refractivity (Wildman–Crippen MR) is 140 cm³/mol. The molecule has 0 aromatic heterocycles. The van der Waals surface area contributed by atoms with Crippen LogP contribution in [0.15, 0.2) is 82.4 Å². The minimum absolute atomic E-state index is 0.219. The average Bonchev–Trinajstić information content (AvgIpc) is 2.89. The van der Waals surface area contributed by atoms with Gasteiger partial charge in [0.05, 0.1) is 24.9 Å². The molecule has 0 saturated carbocycles. The highest BCUT2D eigenvalue weighted by molar-refractivity contribution is 9.10. The van der Waals surface area contributed by atoms with Crippen molar-refractivity contribution >= 4 is 39.9 Å². The molecule has 3 aromatic rings. The number of esters is 1. The fourth-order valence-corrected chi connectivity index (χ4v) is 3.32. The van der Waals surface area contributed by atoms with E-state index >= 15 is 0 Å². The van der Waals surface area contributed by atoms with Crippen LogP contribution in [-0.4, -0.2) is 37.1 Å². The van der Waals surface area contributed by atoms with Crippen LogP contribution in [-0.2, 0) is 4.79 Å². The number of carbonyl (C=O) groups is 3. The first kappa shape index (κ1) is 26.6. The van der Waals surface area contributed by atoms with E-state index in [1.54, 1.807) is 72.8 Å². The van der Waals surface area contributed by atoms with Gasteiger partial charge in [-0.2, -0.15) is 5.10 Å². The van der Waals surface area contributed by atoms with E-state index in [1.165, 1.54) is 6.21 Å². The molecule has 0 heterocycles. The molecule has 186 valence electrons. The number of unbranched alkanes of at least 4 members (excludes halogenated alkanes) is 1. The molecule has 0 saturated heterocycles. The molecule has 0 radical (unpaired) electrons. The maximum atomic E-state index is 12.4. The van der Waals surface area contributed by atoms with Gasteiger partial charge in [0.1, 0.15) is 11.5 Å². The highest BCUT2D eigenvalue weighted by Gasteiger charge is 2.10. The van der Waals surface area contributed by atoms with Crippen molar-refractivity contribution in [3.63, 3.8) is 0 Å². The van der Waals surface area contributed by atoms with Crippen LogP contribution in [0.4, 0.5) is 0 Å². The van der Waals surface area contributed by atoms with Gasteiger partial charge >= 0.3 is 5.97 Å². The summed E-state index contributed by atoms with van der Waals surface area (Å²) in [5.74, 6) is -0.227. The molecular formula is C27H26BrN3O5. The molecule has 8 nitrogen and oxygen atoms in total. The zero-order valence-electron chi connectivity index (χ0n) is 19.7. The van der Waals surface area contributed by atoms with Gasteiger partial charge < -0.3 is 14.8 Å². The van der Waals surface area contributed by atoms with E-state index in [0.29, 0.717) is 34.8 Å². The Morgan fingerprint density at radius 1 is 0.944 bits per heavy atom. The van der Waals surface area contributed by atoms with Gasteiger partial charge in [-0.15, -0.1) is 0 Å². The second-order valence-electron chi connectivity index (χ2n) is 7.67. The van der Waals surface area contributed by atoms with Crippen molar-refractivity contribution in [2.45, 2.75) is 19.8 Å². The number of hydrogen-bond donors (Lipinski definition) is 2. The third-order valence-corrected chi connectivity index (χ3v) is 5.34. The zero-order valence-corrected chi connectivity index (χ0v) is 21.3. The quantitative estimate of drug-likeness (QED) is 0.118. The molecule has 36 heavy (non-hydrogen) atoms. The van der Waals surface area contributed by atoms with Crippen molar-refractivity contribution in [1.82, 2.24) is 10.7 Å². The molecule has 3 aromatic carbocycles. The van der Waals surface area contributed by atoms with Gasteiger partial charge in [-0.3, -0.25) is 9.59 Å². The molecule has 0 fully saturated rings. The van der Waals surface area contributed by atoms with Gasteiger partial charge in [0.15, 0.2) is 0 Å². The molecule has 0 atom stereocenters. The minimum atomic E-state index is -0.478. The lowest BCUT2D eigenvalue weighted by Gasteiger charge is -2.07. The Kier molecular flexibility index (Phi) is 10.2. The SMILES string of the molecule is CCCCOc1ccc(C(=O)Oc2ccc(/C=N\NC(=O)CNC(=O)c3cccc(Br)c3)cc2)cc1. The molecule has 0 aliphatic heterocycles. The second-order valence-corrected chi connectivity index (χ2v) is 8.59. The van der Waals surface area contributed by atoms with E-state index in [2.05, 4.69) is 38.7 Å². The van der Waals surface area contributed by atoms with Crippen LogP contribution in [0.2, 0.25) is 0 Å². The van der Waals surface area contributed by atoms with Crippen LogP contribution in [0.1, 0.15) is 46.0 Å². The molecule has 0 bridgehead atoms. The van der Waals surface area contributed by atoms with Crippen molar-refractivity contribution in [1.29, 1.82) is 0 Å². The summed E-state index contributed by atoms with van der Waals surface area (Å²) in [6, 6.07) is 20.3. The number of nitrogens with one attached hydrogen (secondary N) is 2. The molecular weight excluding hydrogens is 526 g/mol. The molecule has 2 N–H and O–H groups in total. The first-order chi connectivity index (χ1) is 17.4. The molecule has 0 unspecified atom stereocenters. The van der Waals surface area contributed by atoms with Gasteiger partial charge in [0.2, 0.25) is 0 Å². The number of hydrazone groups is 1. The van der Waals surface area contributed by atoms with Crippen LogP contribution in [0.5, 0.6) is 11.5 Å². The number of ether oxygens (including phenoxy) is 2. The van der Waals surface area contributed by atoms with Crippen molar-refractivity contribution in [3.8, 4) is 11.5 Å². The number of carbonyl (C=O) groups excluding carboxylic acids is 3. The van der Waals surface area contributed by atoms with Crippen LogP contribution in [0, 0.1) is 0 Å². The molecule has 3 rings (SSSR count). The van der Waals surface area contributed by atoms with Crippen molar-refractivity contribution in [3.05, 3.63) is 94.0 Å². The van der Waals surface area contributed by atoms with Crippen LogP contribution < -0.4 is 20.2 Å². The van der Waals surface area contributed by atoms with E-state index in [-0.39, 0.29) is 12.5 Å². The van der Waals surface area contributed by atoms with Gasteiger partial charge in [-0.1, -0.05) is 35.3 Å². The van der Waals surface area contributed by atoms with Crippen LogP contribution >= 0.6 is 15.9 Å². The number of halogens is 1. The van der Waals surface area contributed by atoms with Crippen LogP contribution in [0.3, 0.4) is 0 Å². The lowest BCUT2D eigenvalue weighted by atomic mass is 10.2. The fourth-order valence-electron chi connectivity index (χ4n) is 2.92. The van der Waals surface area contributed by atoms with E-state index < -0.39 is 11.9 Å². The maximum absolute atomic E-state index is 12.4. The lowest BCUT2D eigenvalue weighted by Crippen LogP contribution is -2.34. The number of rotatable bonds is 11. The summed E-state index contributed by atoms with van der Waals surface area (Å²) < 4.78 is 11.8. The van der Waals surface area contributed by atoms with Gasteiger partial charge in [-0.05, 0) is 78.7 Å². The largest absolute Gasteiger partial charge is 0.494 e. The second kappa shape index (κ2) is 13.8. The van der Waals surface area contributed by atoms with E-state index in [9.17, 15) is 14.4 Å². The molecule has 9 heteroatoms. The van der Waals surface area contributed by atoms with Crippen LogP contribution in [0.25, 0.3) is 0 Å². The lowest BCUT2D eigenvalue weighted by molar-refractivity contribution is -0.120. The Hall–Kier alpha value is -3.98. The Labute approximate surface area is 217 Å². The average molecular weight is 552 g/mol. The van der Waals surface area contributed by atoms with E-state index in [4.69, 9.17) is 9.47 Å². The summed E-state index contributed by atoms with van der Waals surface area (Å²) in [5.41, 5.74) is 3.89. The molecule has 2 amide bonds. The minimum Gasteiger partial charge on any atom is -0.494 e. The van der Waals surface area contributed by atoms with Crippen molar-refractivity contribution in [2.24, 2.45) is 5.10 Å². The van der Waals surface area contributed by atoms with Gasteiger partial charge in [-0.25, -0.2) is 10.2 Å². The molecule has 0 spiro atoms. The zero-order chi connectivity index (χ0) is 25.8. The Morgan fingerprint density at radius 2 is 1.67 bits per heavy atom. The Morgan fingerprint density at radius 3 is 2.36 bits per heavy atom. The highest BCUT2D eigenvalue weighted by Crippen LogP contribution is 2.17. The summed E-state index contributed by atoms with van der Waals surface area (Å²) in [7, 11) is 0. The first-order valence-electron chi connectivity index (χ1n) is 11.4. The summed E-state index contributed by atoms with van der Waals surface area (Å²) in [4.78, 5) is 36.4. The van der Waals surface area contributed by atoms with Crippen molar-refractivity contribution < 1.29 is 23.9 Å². The topological polar surface area (TPSA) is 106 Å². The number of benzene rings is 3. The Balaban J connectivity index is 1.42. The monoisotopic (exact) mass is 551 g/mol. The predicted octanol–water partition coefficient (Wildman–Crippen LogP) is 4.73. The summed E-state index contributed by atoms with van der Waals surface area (Å²) in [6.45, 7) is 2.52. The maximum Gasteiger partial charge on any atom is 0.343 e. The molecule has 0 aliphatic rings. The summed E-state index contributed by atoms with van der Waals surface area (Å²) in [6.07, 6.45) is 3.47. The van der Waals surface area contributed by atoms with E-state index in [0.717, 1.165) is 17.3 Å². The summed E-state index contributed by atoms with van der Waals surface area (Å²) >= 11 is 3.30. The highest BCUT2D eigenvalue weighted by atomic mass is 79.9. The fraction of sp³-hybridized carbons (Fsp3) is 0.185. The first-order valence-corrected chi connectivity index (χ1v) is 12.1.